The summed E-state index contributed by atoms with van der Waals surface area (Å²) in [7, 11) is 0. The molecule has 0 radical (unpaired) electrons. The van der Waals surface area contributed by atoms with E-state index in [4.69, 9.17) is 17.3 Å². The van der Waals surface area contributed by atoms with Gasteiger partial charge in [0.25, 0.3) is 0 Å². The van der Waals surface area contributed by atoms with Crippen molar-refractivity contribution in [1.29, 1.82) is 0 Å². The fourth-order valence-corrected chi connectivity index (χ4v) is 3.10. The van der Waals surface area contributed by atoms with Gasteiger partial charge in [-0.15, -0.1) is 0 Å². The van der Waals surface area contributed by atoms with Crippen LogP contribution in [0.2, 0.25) is 5.02 Å². The number of nitrogens with two attached hydrogens (primary N) is 1. The van der Waals surface area contributed by atoms with Crippen LogP contribution in [0.15, 0.2) is 18.2 Å². The van der Waals surface area contributed by atoms with Crippen LogP contribution in [0.4, 0.5) is 5.69 Å². The second kappa shape index (κ2) is 7.33. The maximum absolute atomic E-state index is 6.44. The average Bonchev–Trinajstić information content (AvgIpc) is 2.65. The molecule has 2 unspecified atom stereocenters. The average molecular weight is 295 g/mol. The molecule has 0 aromatic heterocycles. The molecule has 2 N–H and O–H groups in total. The van der Waals surface area contributed by atoms with Crippen molar-refractivity contribution in [2.45, 2.75) is 52.0 Å². The summed E-state index contributed by atoms with van der Waals surface area (Å²) in [6, 6.07) is 6.69. The molecule has 2 atom stereocenters. The summed E-state index contributed by atoms with van der Waals surface area (Å²) in [5, 5.41) is 0.865. The van der Waals surface area contributed by atoms with Crippen molar-refractivity contribution in [1.82, 2.24) is 0 Å². The maximum atomic E-state index is 6.44. The molecule has 20 heavy (non-hydrogen) atoms. The largest absolute Gasteiger partial charge is 0.371 e. The molecule has 1 aromatic carbocycles. The first-order chi connectivity index (χ1) is 9.60. The normalized spacial score (nSPS) is 21.6. The quantitative estimate of drug-likeness (QED) is 0.899. The minimum atomic E-state index is 0.206. The van der Waals surface area contributed by atoms with Gasteiger partial charge in [-0.25, -0.2) is 0 Å². The van der Waals surface area contributed by atoms with Gasteiger partial charge in [-0.2, -0.15) is 0 Å². The molecule has 0 spiro atoms. The van der Waals surface area contributed by atoms with Crippen LogP contribution >= 0.6 is 11.6 Å². The molecular formula is C17H27ClN2. The highest BCUT2D eigenvalue weighted by Gasteiger charge is 2.15. The number of rotatable bonds is 4. The minimum Gasteiger partial charge on any atom is -0.371 e. The highest BCUT2D eigenvalue weighted by atomic mass is 35.5. The van der Waals surface area contributed by atoms with Gasteiger partial charge in [-0.05, 0) is 55.7 Å². The first-order valence-electron chi connectivity index (χ1n) is 7.89. The van der Waals surface area contributed by atoms with Crippen molar-refractivity contribution in [3.8, 4) is 0 Å². The molecule has 2 rings (SSSR count). The van der Waals surface area contributed by atoms with E-state index in [1.165, 1.54) is 30.5 Å². The van der Waals surface area contributed by atoms with Crippen molar-refractivity contribution in [2.75, 3.05) is 18.0 Å². The summed E-state index contributed by atoms with van der Waals surface area (Å²) in [6.45, 7) is 6.76. The second-order valence-corrected chi connectivity index (χ2v) is 6.58. The predicted octanol–water partition coefficient (Wildman–Crippen LogP) is 4.25. The Balaban J connectivity index is 2.08. The first-order valence-corrected chi connectivity index (χ1v) is 8.27. The van der Waals surface area contributed by atoms with E-state index in [-0.39, 0.29) is 6.04 Å². The number of hydrogen-bond donors (Lipinski definition) is 1. The van der Waals surface area contributed by atoms with Crippen LogP contribution in [0, 0.1) is 5.92 Å². The Morgan fingerprint density at radius 2 is 2.15 bits per heavy atom. The van der Waals surface area contributed by atoms with Crippen molar-refractivity contribution in [2.24, 2.45) is 11.7 Å². The Morgan fingerprint density at radius 3 is 2.85 bits per heavy atom. The van der Waals surface area contributed by atoms with Gasteiger partial charge in [-0.3, -0.25) is 0 Å². The molecule has 1 aliphatic heterocycles. The SMILES string of the molecule is CCC(N)Cc1ccc(N2CCCC(C)CC2)cc1Cl. The molecule has 1 heterocycles. The first kappa shape index (κ1) is 15.7. The number of benzene rings is 1. The summed E-state index contributed by atoms with van der Waals surface area (Å²) in [5.41, 5.74) is 8.46. The van der Waals surface area contributed by atoms with Gasteiger partial charge < -0.3 is 10.6 Å². The van der Waals surface area contributed by atoms with Gasteiger partial charge in [0.1, 0.15) is 0 Å². The maximum Gasteiger partial charge on any atom is 0.0459 e. The standard InChI is InChI=1S/C17H27ClN2/c1-3-15(19)11-14-6-7-16(12-17(14)18)20-9-4-5-13(2)8-10-20/h6-7,12-13,15H,3-5,8-11,19H2,1-2H3. The molecule has 1 saturated heterocycles. The molecule has 3 heteroatoms. The third kappa shape index (κ3) is 4.13. The van der Waals surface area contributed by atoms with Crippen LogP contribution in [-0.2, 0) is 6.42 Å². The summed E-state index contributed by atoms with van der Waals surface area (Å²) in [4.78, 5) is 2.47. The van der Waals surface area contributed by atoms with Crippen molar-refractivity contribution < 1.29 is 0 Å². The van der Waals surface area contributed by atoms with Crippen LogP contribution in [0.3, 0.4) is 0 Å². The molecule has 1 aliphatic rings. The number of hydrogen-bond acceptors (Lipinski definition) is 2. The molecule has 0 bridgehead atoms. The van der Waals surface area contributed by atoms with Crippen LogP contribution in [0.25, 0.3) is 0 Å². The van der Waals surface area contributed by atoms with E-state index in [1.54, 1.807) is 0 Å². The van der Waals surface area contributed by atoms with Crippen LogP contribution in [-0.4, -0.2) is 19.1 Å². The minimum absolute atomic E-state index is 0.206. The highest BCUT2D eigenvalue weighted by Crippen LogP contribution is 2.27. The van der Waals surface area contributed by atoms with Crippen molar-refractivity contribution >= 4 is 17.3 Å². The van der Waals surface area contributed by atoms with Gasteiger partial charge in [0.05, 0.1) is 0 Å². The lowest BCUT2D eigenvalue weighted by Gasteiger charge is -2.24. The van der Waals surface area contributed by atoms with Crippen molar-refractivity contribution in [3.05, 3.63) is 28.8 Å². The van der Waals surface area contributed by atoms with E-state index < -0.39 is 0 Å². The molecule has 0 aliphatic carbocycles. The van der Waals surface area contributed by atoms with E-state index >= 15 is 0 Å². The third-order valence-electron chi connectivity index (χ3n) is 4.43. The molecule has 0 amide bonds. The summed E-state index contributed by atoms with van der Waals surface area (Å²) < 4.78 is 0. The van der Waals surface area contributed by atoms with Gasteiger partial charge in [0.2, 0.25) is 0 Å². The monoisotopic (exact) mass is 294 g/mol. The lowest BCUT2D eigenvalue weighted by molar-refractivity contribution is 0.521. The van der Waals surface area contributed by atoms with Crippen LogP contribution < -0.4 is 10.6 Å². The topological polar surface area (TPSA) is 29.3 Å². The Hall–Kier alpha value is -0.730. The van der Waals surface area contributed by atoms with Gasteiger partial charge in [0, 0.05) is 29.8 Å². The van der Waals surface area contributed by atoms with Crippen molar-refractivity contribution in [3.63, 3.8) is 0 Å². The summed E-state index contributed by atoms with van der Waals surface area (Å²) in [5.74, 6) is 0.845. The predicted molar refractivity (Wildman–Crippen MR) is 88.7 cm³/mol. The van der Waals surface area contributed by atoms with E-state index in [2.05, 4.69) is 36.9 Å². The Labute approximate surface area is 128 Å². The lowest BCUT2D eigenvalue weighted by atomic mass is 10.0. The lowest BCUT2D eigenvalue weighted by Crippen LogP contribution is -2.24. The molecular weight excluding hydrogens is 268 g/mol. The Morgan fingerprint density at radius 1 is 1.35 bits per heavy atom. The summed E-state index contributed by atoms with van der Waals surface area (Å²) >= 11 is 6.44. The van der Waals surface area contributed by atoms with E-state index in [1.807, 2.05) is 0 Å². The van der Waals surface area contributed by atoms with Crippen LogP contribution in [0.5, 0.6) is 0 Å². The third-order valence-corrected chi connectivity index (χ3v) is 4.78. The van der Waals surface area contributed by atoms with Gasteiger partial charge >= 0.3 is 0 Å². The molecule has 112 valence electrons. The number of halogens is 1. The zero-order valence-corrected chi connectivity index (χ0v) is 13.5. The smallest absolute Gasteiger partial charge is 0.0459 e. The zero-order valence-electron chi connectivity index (χ0n) is 12.7. The second-order valence-electron chi connectivity index (χ2n) is 6.17. The fourth-order valence-electron chi connectivity index (χ4n) is 2.85. The van der Waals surface area contributed by atoms with E-state index in [0.29, 0.717) is 0 Å². The Kier molecular flexibility index (Phi) is 5.74. The number of nitrogens with zero attached hydrogens (tertiary/aromatic N) is 1. The molecule has 1 aromatic rings. The highest BCUT2D eigenvalue weighted by molar-refractivity contribution is 6.31. The van der Waals surface area contributed by atoms with Crippen LogP contribution in [0.1, 0.15) is 45.1 Å². The fraction of sp³-hybridized carbons (Fsp3) is 0.647. The zero-order chi connectivity index (χ0) is 14.5. The van der Waals surface area contributed by atoms with Gasteiger partial charge in [0.15, 0.2) is 0 Å². The molecule has 0 saturated carbocycles. The van der Waals surface area contributed by atoms with Gasteiger partial charge in [-0.1, -0.05) is 31.5 Å². The van der Waals surface area contributed by atoms with E-state index in [0.717, 1.165) is 36.9 Å². The molecule has 2 nitrogen and oxygen atoms in total. The molecule has 1 fully saturated rings. The Bertz CT molecular complexity index is 433. The van der Waals surface area contributed by atoms with E-state index in [9.17, 15) is 0 Å². The number of anilines is 1. The summed E-state index contributed by atoms with van der Waals surface area (Å²) in [6.07, 6.45) is 5.75.